The average molecular weight is 188 g/mol. The molecule has 0 spiro atoms. The maximum Gasteiger partial charge on any atom is 0.131 e. The van der Waals surface area contributed by atoms with Gasteiger partial charge in [0.2, 0.25) is 0 Å². The van der Waals surface area contributed by atoms with Crippen LogP contribution >= 0.6 is 0 Å². The molecule has 0 bridgehead atoms. The molecule has 0 amide bonds. The molecular weight excluding hydrogens is 176 g/mol. The normalized spacial score (nSPS) is 18.0. The van der Waals surface area contributed by atoms with Crippen molar-refractivity contribution in [2.45, 2.75) is 31.7 Å². The summed E-state index contributed by atoms with van der Waals surface area (Å²) >= 11 is 0. The Hall–Kier alpha value is -1.45. The number of fused-ring (bicyclic) bond motifs is 1. The molecule has 0 radical (unpaired) electrons. The van der Waals surface area contributed by atoms with Crippen LogP contribution in [0, 0.1) is 0 Å². The van der Waals surface area contributed by atoms with E-state index in [1.54, 1.807) is 12.4 Å². The number of pyridine rings is 1. The van der Waals surface area contributed by atoms with Crippen molar-refractivity contribution in [2.24, 2.45) is 0 Å². The fourth-order valence-corrected chi connectivity index (χ4v) is 2.21. The fraction of sp³-hybridized carbons (Fsp3) is 0.500. The third kappa shape index (κ3) is 1.10. The largest absolute Gasteiger partial charge is 0.262 e. The molecule has 14 heavy (non-hydrogen) atoms. The first-order valence-corrected chi connectivity index (χ1v) is 5.10. The van der Waals surface area contributed by atoms with Crippen molar-refractivity contribution in [3.05, 3.63) is 18.5 Å². The molecule has 2 heterocycles. The van der Waals surface area contributed by atoms with Gasteiger partial charge in [-0.1, -0.05) is 18.1 Å². The van der Waals surface area contributed by atoms with Gasteiger partial charge in [0.1, 0.15) is 5.52 Å². The average Bonchev–Trinajstić information content (AvgIpc) is 2.85. The van der Waals surface area contributed by atoms with Crippen molar-refractivity contribution < 1.29 is 0 Å². The van der Waals surface area contributed by atoms with Gasteiger partial charge in [0, 0.05) is 6.20 Å². The van der Waals surface area contributed by atoms with Crippen molar-refractivity contribution in [2.75, 3.05) is 0 Å². The predicted octanol–water partition coefficient (Wildman–Crippen LogP) is 1.94. The Labute approximate surface area is 81.9 Å². The van der Waals surface area contributed by atoms with Crippen LogP contribution in [0.15, 0.2) is 18.5 Å². The van der Waals surface area contributed by atoms with Crippen LogP contribution in [0.1, 0.15) is 31.7 Å². The molecule has 4 heteroatoms. The molecule has 0 unspecified atom stereocenters. The molecule has 1 aliphatic rings. The summed E-state index contributed by atoms with van der Waals surface area (Å²) in [4.78, 5) is 4.04. The topological polar surface area (TPSA) is 43.6 Å². The van der Waals surface area contributed by atoms with E-state index in [1.807, 2.05) is 6.07 Å². The summed E-state index contributed by atoms with van der Waals surface area (Å²) in [6.45, 7) is 0. The van der Waals surface area contributed by atoms with Gasteiger partial charge in [-0.15, -0.1) is 5.10 Å². The summed E-state index contributed by atoms with van der Waals surface area (Å²) in [5.74, 6) is 0. The van der Waals surface area contributed by atoms with Gasteiger partial charge in [0.25, 0.3) is 0 Å². The maximum atomic E-state index is 4.20. The van der Waals surface area contributed by atoms with Crippen LogP contribution in [0.25, 0.3) is 11.0 Å². The Morgan fingerprint density at radius 1 is 1.29 bits per heavy atom. The molecule has 0 aromatic carbocycles. The summed E-state index contributed by atoms with van der Waals surface area (Å²) in [5, 5.41) is 8.32. The third-order valence-corrected chi connectivity index (χ3v) is 2.94. The van der Waals surface area contributed by atoms with Gasteiger partial charge in [0.15, 0.2) is 0 Å². The first kappa shape index (κ1) is 7.91. The zero-order valence-corrected chi connectivity index (χ0v) is 7.93. The Bertz CT molecular complexity index is 442. The molecule has 1 aliphatic carbocycles. The summed E-state index contributed by atoms with van der Waals surface area (Å²) in [6, 6.07) is 2.55. The molecule has 2 aromatic rings. The van der Waals surface area contributed by atoms with Crippen molar-refractivity contribution in [1.29, 1.82) is 0 Å². The van der Waals surface area contributed by atoms with E-state index < -0.39 is 0 Å². The zero-order chi connectivity index (χ0) is 9.38. The second kappa shape index (κ2) is 3.04. The first-order chi connectivity index (χ1) is 6.95. The zero-order valence-electron chi connectivity index (χ0n) is 7.93. The van der Waals surface area contributed by atoms with Crippen molar-refractivity contribution in [3.63, 3.8) is 0 Å². The number of hydrogen-bond donors (Lipinski definition) is 0. The van der Waals surface area contributed by atoms with Gasteiger partial charge in [0.05, 0.1) is 17.8 Å². The van der Waals surface area contributed by atoms with Crippen LogP contribution < -0.4 is 0 Å². The number of rotatable bonds is 1. The molecule has 0 atom stereocenters. The quantitative estimate of drug-likeness (QED) is 0.687. The van der Waals surface area contributed by atoms with Crippen LogP contribution in [0.3, 0.4) is 0 Å². The van der Waals surface area contributed by atoms with Gasteiger partial charge >= 0.3 is 0 Å². The Kier molecular flexibility index (Phi) is 1.72. The highest BCUT2D eigenvalue weighted by atomic mass is 15.4. The summed E-state index contributed by atoms with van der Waals surface area (Å²) < 4.78 is 2.06. The van der Waals surface area contributed by atoms with E-state index in [0.717, 1.165) is 11.0 Å². The number of nitrogens with zero attached hydrogens (tertiary/aromatic N) is 4. The van der Waals surface area contributed by atoms with Gasteiger partial charge in [-0.2, -0.15) is 0 Å². The van der Waals surface area contributed by atoms with Crippen molar-refractivity contribution in [1.82, 2.24) is 20.0 Å². The van der Waals surface area contributed by atoms with E-state index in [-0.39, 0.29) is 0 Å². The van der Waals surface area contributed by atoms with E-state index in [4.69, 9.17) is 0 Å². The molecular formula is C10H12N4. The van der Waals surface area contributed by atoms with E-state index in [9.17, 15) is 0 Å². The van der Waals surface area contributed by atoms with Crippen molar-refractivity contribution in [3.8, 4) is 0 Å². The highest BCUT2D eigenvalue weighted by Crippen LogP contribution is 2.30. The summed E-state index contributed by atoms with van der Waals surface area (Å²) in [6.07, 6.45) is 8.68. The minimum atomic E-state index is 0.558. The lowest BCUT2D eigenvalue weighted by Crippen LogP contribution is -2.06. The molecule has 72 valence electrons. The van der Waals surface area contributed by atoms with E-state index in [0.29, 0.717) is 6.04 Å². The second-order valence-electron chi connectivity index (χ2n) is 3.84. The molecule has 2 aromatic heterocycles. The first-order valence-electron chi connectivity index (χ1n) is 5.10. The van der Waals surface area contributed by atoms with E-state index in [2.05, 4.69) is 20.0 Å². The SMILES string of the molecule is c1cc2c(cn1)nnn2C1CCCC1. The predicted molar refractivity (Wildman–Crippen MR) is 52.8 cm³/mol. The summed E-state index contributed by atoms with van der Waals surface area (Å²) in [5.41, 5.74) is 2.02. The molecule has 3 rings (SSSR count). The third-order valence-electron chi connectivity index (χ3n) is 2.94. The van der Waals surface area contributed by atoms with E-state index >= 15 is 0 Å². The molecule has 0 saturated heterocycles. The second-order valence-corrected chi connectivity index (χ2v) is 3.84. The maximum absolute atomic E-state index is 4.20. The van der Waals surface area contributed by atoms with Crippen LogP contribution in [-0.4, -0.2) is 20.0 Å². The Morgan fingerprint density at radius 3 is 3.00 bits per heavy atom. The summed E-state index contributed by atoms with van der Waals surface area (Å²) in [7, 11) is 0. The lowest BCUT2D eigenvalue weighted by atomic mass is 10.2. The number of hydrogen-bond acceptors (Lipinski definition) is 3. The molecule has 4 nitrogen and oxygen atoms in total. The highest BCUT2D eigenvalue weighted by Gasteiger charge is 2.19. The standard InChI is InChI=1S/C10H12N4/c1-2-4-8(3-1)14-10-5-6-11-7-9(10)12-13-14/h5-8H,1-4H2. The smallest absolute Gasteiger partial charge is 0.131 e. The van der Waals surface area contributed by atoms with Gasteiger partial charge < -0.3 is 0 Å². The number of aromatic nitrogens is 4. The lowest BCUT2D eigenvalue weighted by Gasteiger charge is -2.08. The Balaban J connectivity index is 2.11. The highest BCUT2D eigenvalue weighted by molar-refractivity contribution is 5.72. The monoisotopic (exact) mass is 188 g/mol. The molecule has 1 saturated carbocycles. The minimum absolute atomic E-state index is 0.558. The molecule has 0 aliphatic heterocycles. The van der Waals surface area contributed by atoms with E-state index in [1.165, 1.54) is 25.7 Å². The minimum Gasteiger partial charge on any atom is -0.262 e. The van der Waals surface area contributed by atoms with Crippen LogP contribution in [0.5, 0.6) is 0 Å². The lowest BCUT2D eigenvalue weighted by molar-refractivity contribution is 0.467. The van der Waals surface area contributed by atoms with Crippen LogP contribution in [0.4, 0.5) is 0 Å². The van der Waals surface area contributed by atoms with Gasteiger partial charge in [-0.25, -0.2) is 4.68 Å². The molecule has 0 N–H and O–H groups in total. The Morgan fingerprint density at radius 2 is 2.14 bits per heavy atom. The van der Waals surface area contributed by atoms with Gasteiger partial charge in [-0.3, -0.25) is 4.98 Å². The van der Waals surface area contributed by atoms with Crippen LogP contribution in [-0.2, 0) is 0 Å². The fourth-order valence-electron chi connectivity index (χ4n) is 2.21. The van der Waals surface area contributed by atoms with Crippen LogP contribution in [0.2, 0.25) is 0 Å². The van der Waals surface area contributed by atoms with Crippen molar-refractivity contribution >= 4 is 11.0 Å². The molecule has 1 fully saturated rings. The van der Waals surface area contributed by atoms with Gasteiger partial charge in [-0.05, 0) is 18.9 Å².